The summed E-state index contributed by atoms with van der Waals surface area (Å²) in [5.41, 5.74) is 0.970. The van der Waals surface area contributed by atoms with Crippen molar-refractivity contribution >= 4 is 33.0 Å². The minimum Gasteiger partial charge on any atom is -0.316 e. The summed E-state index contributed by atoms with van der Waals surface area (Å²) in [6.07, 6.45) is 1.12. The molecule has 0 spiro atoms. The minimum atomic E-state index is 0.457. The van der Waals surface area contributed by atoms with E-state index in [0.29, 0.717) is 11.1 Å². The van der Waals surface area contributed by atoms with Crippen LogP contribution in [0, 0.1) is 0 Å². The summed E-state index contributed by atoms with van der Waals surface area (Å²) in [6, 6.07) is 5.98. The molecule has 0 radical (unpaired) electrons. The van der Waals surface area contributed by atoms with Crippen molar-refractivity contribution in [2.24, 2.45) is 0 Å². The summed E-state index contributed by atoms with van der Waals surface area (Å²) in [4.78, 5) is 4.49. The topological polar surface area (TPSA) is 29.3 Å². The summed E-state index contributed by atoms with van der Waals surface area (Å²) in [5.74, 6) is 1.51. The van der Waals surface area contributed by atoms with Crippen LogP contribution >= 0.6 is 27.5 Å². The van der Waals surface area contributed by atoms with Crippen molar-refractivity contribution < 1.29 is 0 Å². The molecule has 2 aromatic rings. The van der Waals surface area contributed by atoms with Gasteiger partial charge in [0.2, 0.25) is 0 Å². The van der Waals surface area contributed by atoms with Gasteiger partial charge in [-0.1, -0.05) is 17.7 Å². The maximum absolute atomic E-state index is 6.15. The van der Waals surface area contributed by atoms with Gasteiger partial charge in [0.05, 0.1) is 10.1 Å². The fourth-order valence-electron chi connectivity index (χ4n) is 2.23. The Kier molecular flexibility index (Phi) is 2.65. The number of nitrogens with one attached hydrogen (secondary N) is 1. The number of nitrogens with zero attached hydrogens (tertiary/aromatic N) is 2. The third kappa shape index (κ3) is 1.56. The first-order valence-electron chi connectivity index (χ1n) is 5.30. The van der Waals surface area contributed by atoms with Gasteiger partial charge in [0, 0.05) is 12.5 Å². The van der Waals surface area contributed by atoms with Gasteiger partial charge in [0.15, 0.2) is 5.15 Å². The van der Waals surface area contributed by atoms with Crippen molar-refractivity contribution in [2.75, 3.05) is 13.1 Å². The Morgan fingerprint density at radius 3 is 3.12 bits per heavy atom. The maximum atomic E-state index is 6.15. The van der Waals surface area contributed by atoms with Crippen molar-refractivity contribution in [3.63, 3.8) is 0 Å². The van der Waals surface area contributed by atoms with Crippen LogP contribution < -0.4 is 5.32 Å². The summed E-state index contributed by atoms with van der Waals surface area (Å²) in [6.45, 7) is 2.04. The van der Waals surface area contributed by atoms with Crippen molar-refractivity contribution in [1.82, 2.24) is 14.7 Å². The number of imidazole rings is 1. The molecule has 84 valence electrons. The van der Waals surface area contributed by atoms with Crippen molar-refractivity contribution in [3.05, 3.63) is 33.8 Å². The molecule has 1 unspecified atom stereocenters. The van der Waals surface area contributed by atoms with Crippen LogP contribution in [0.5, 0.6) is 0 Å². The van der Waals surface area contributed by atoms with E-state index < -0.39 is 0 Å². The molecule has 1 atom stereocenters. The Balaban J connectivity index is 2.24. The smallest absolute Gasteiger partial charge is 0.155 e. The molecule has 0 saturated carbocycles. The first kappa shape index (κ1) is 10.6. The molecule has 1 aliphatic rings. The molecule has 0 amide bonds. The van der Waals surface area contributed by atoms with Crippen LogP contribution in [0.25, 0.3) is 5.52 Å². The average molecular weight is 301 g/mol. The maximum Gasteiger partial charge on any atom is 0.155 e. The van der Waals surface area contributed by atoms with Gasteiger partial charge in [-0.2, -0.15) is 0 Å². The van der Waals surface area contributed by atoms with Gasteiger partial charge in [0.25, 0.3) is 0 Å². The number of hydrogen-bond acceptors (Lipinski definition) is 2. The van der Waals surface area contributed by atoms with Crippen LogP contribution in [0.15, 0.2) is 22.8 Å². The molecular formula is C11H11BrClN3. The van der Waals surface area contributed by atoms with Crippen LogP contribution in [-0.4, -0.2) is 22.5 Å². The standard InChI is InChI=1S/C11H11BrClN3/c12-9-3-1-2-8-10(13)15-11(16(8)9)7-4-5-14-6-7/h1-3,7,14H,4-6H2. The van der Waals surface area contributed by atoms with Gasteiger partial charge >= 0.3 is 0 Å². The van der Waals surface area contributed by atoms with Crippen LogP contribution in [0.2, 0.25) is 5.15 Å². The van der Waals surface area contributed by atoms with Crippen LogP contribution in [-0.2, 0) is 0 Å². The Bertz CT molecular complexity index is 531. The number of hydrogen-bond donors (Lipinski definition) is 1. The largest absolute Gasteiger partial charge is 0.316 e. The highest BCUT2D eigenvalue weighted by molar-refractivity contribution is 9.10. The molecule has 1 saturated heterocycles. The van der Waals surface area contributed by atoms with Gasteiger partial charge in [-0.3, -0.25) is 4.40 Å². The molecule has 1 N–H and O–H groups in total. The van der Waals surface area contributed by atoms with E-state index in [0.717, 1.165) is 35.5 Å². The third-order valence-electron chi connectivity index (χ3n) is 3.02. The highest BCUT2D eigenvalue weighted by Gasteiger charge is 2.23. The summed E-state index contributed by atoms with van der Waals surface area (Å²) < 4.78 is 3.10. The van der Waals surface area contributed by atoms with E-state index in [4.69, 9.17) is 11.6 Å². The lowest BCUT2D eigenvalue weighted by atomic mass is 10.1. The lowest BCUT2D eigenvalue weighted by molar-refractivity contribution is 0.695. The number of fused-ring (bicyclic) bond motifs is 1. The predicted molar refractivity (Wildman–Crippen MR) is 68.1 cm³/mol. The molecular weight excluding hydrogens is 289 g/mol. The highest BCUT2D eigenvalue weighted by Crippen LogP contribution is 2.29. The molecule has 2 aromatic heterocycles. The fraction of sp³-hybridized carbons (Fsp3) is 0.364. The Morgan fingerprint density at radius 2 is 2.38 bits per heavy atom. The second-order valence-electron chi connectivity index (χ2n) is 4.02. The van der Waals surface area contributed by atoms with Crippen molar-refractivity contribution in [1.29, 1.82) is 0 Å². The van der Waals surface area contributed by atoms with Gasteiger partial charge in [-0.25, -0.2) is 4.98 Å². The van der Waals surface area contributed by atoms with E-state index >= 15 is 0 Å². The van der Waals surface area contributed by atoms with Crippen LogP contribution in [0.3, 0.4) is 0 Å². The van der Waals surface area contributed by atoms with Gasteiger partial charge in [0.1, 0.15) is 5.82 Å². The lowest BCUT2D eigenvalue weighted by Crippen LogP contribution is -2.10. The molecule has 5 heteroatoms. The normalized spacial score (nSPS) is 20.8. The van der Waals surface area contributed by atoms with Crippen molar-refractivity contribution in [2.45, 2.75) is 12.3 Å². The Hall–Kier alpha value is -0.580. The van der Waals surface area contributed by atoms with E-state index in [9.17, 15) is 0 Å². The molecule has 3 rings (SSSR count). The summed E-state index contributed by atoms with van der Waals surface area (Å²) in [5, 5.41) is 3.94. The second-order valence-corrected chi connectivity index (χ2v) is 5.19. The predicted octanol–water partition coefficient (Wildman–Crippen LogP) is 2.83. The molecule has 3 heterocycles. The zero-order valence-electron chi connectivity index (χ0n) is 8.58. The van der Waals surface area contributed by atoms with E-state index in [1.165, 1.54) is 0 Å². The monoisotopic (exact) mass is 299 g/mol. The van der Waals surface area contributed by atoms with E-state index in [-0.39, 0.29) is 0 Å². The van der Waals surface area contributed by atoms with E-state index in [1.54, 1.807) is 0 Å². The number of rotatable bonds is 1. The molecule has 1 fully saturated rings. The SMILES string of the molecule is Clc1nc(C2CCNC2)n2c(Br)cccc12. The quantitative estimate of drug-likeness (QED) is 0.821. The molecule has 1 aliphatic heterocycles. The summed E-state index contributed by atoms with van der Waals surface area (Å²) >= 11 is 9.71. The first-order valence-corrected chi connectivity index (χ1v) is 6.47. The van der Waals surface area contributed by atoms with E-state index in [2.05, 4.69) is 30.6 Å². The first-order chi connectivity index (χ1) is 7.77. The fourth-order valence-corrected chi connectivity index (χ4v) is 2.99. The lowest BCUT2D eigenvalue weighted by Gasteiger charge is -2.08. The molecule has 16 heavy (non-hydrogen) atoms. The number of pyridine rings is 1. The van der Waals surface area contributed by atoms with Gasteiger partial charge in [-0.15, -0.1) is 0 Å². The van der Waals surface area contributed by atoms with E-state index in [1.807, 2.05) is 18.2 Å². The molecule has 0 aromatic carbocycles. The summed E-state index contributed by atoms with van der Waals surface area (Å²) in [7, 11) is 0. The molecule has 0 aliphatic carbocycles. The van der Waals surface area contributed by atoms with Crippen molar-refractivity contribution in [3.8, 4) is 0 Å². The number of aromatic nitrogens is 2. The Morgan fingerprint density at radius 1 is 1.50 bits per heavy atom. The minimum absolute atomic E-state index is 0.457. The van der Waals surface area contributed by atoms with Crippen LogP contribution in [0.1, 0.15) is 18.2 Å². The molecule has 0 bridgehead atoms. The van der Waals surface area contributed by atoms with Gasteiger partial charge in [-0.05, 0) is 41.0 Å². The average Bonchev–Trinajstić information content (AvgIpc) is 2.87. The zero-order chi connectivity index (χ0) is 11.1. The highest BCUT2D eigenvalue weighted by atomic mass is 79.9. The Labute approximate surface area is 107 Å². The second kappa shape index (κ2) is 4.02. The van der Waals surface area contributed by atoms with Crippen LogP contribution in [0.4, 0.5) is 0 Å². The third-order valence-corrected chi connectivity index (χ3v) is 3.92. The molecule has 3 nitrogen and oxygen atoms in total. The van der Waals surface area contributed by atoms with Gasteiger partial charge < -0.3 is 5.32 Å². The number of halogens is 2. The zero-order valence-corrected chi connectivity index (χ0v) is 10.9.